The van der Waals surface area contributed by atoms with Crippen LogP contribution in [0.3, 0.4) is 0 Å². The summed E-state index contributed by atoms with van der Waals surface area (Å²) in [6.07, 6.45) is 3.90. The van der Waals surface area contributed by atoms with Crippen LogP contribution in [0.25, 0.3) is 0 Å². The van der Waals surface area contributed by atoms with Crippen LogP contribution in [0, 0.1) is 5.92 Å². The van der Waals surface area contributed by atoms with Gasteiger partial charge in [0.1, 0.15) is 0 Å². The van der Waals surface area contributed by atoms with Gasteiger partial charge in [0.2, 0.25) is 5.91 Å². The third-order valence-corrected chi connectivity index (χ3v) is 5.02. The van der Waals surface area contributed by atoms with Gasteiger partial charge in [0.25, 0.3) is 0 Å². The Labute approximate surface area is 117 Å². The molecule has 1 aliphatic heterocycles. The number of fused-ring (bicyclic) bond motifs is 1. The Bertz CT molecular complexity index is 444. The first-order valence-electron chi connectivity index (χ1n) is 6.68. The summed E-state index contributed by atoms with van der Waals surface area (Å²) in [6.45, 7) is 4.50. The lowest BCUT2D eigenvalue weighted by molar-refractivity contribution is -0.116. The lowest BCUT2D eigenvalue weighted by Gasteiger charge is -2.22. The second kappa shape index (κ2) is 5.87. The molecule has 2 atom stereocenters. The molecule has 0 aromatic heterocycles. The highest BCUT2D eigenvalue weighted by Crippen LogP contribution is 2.36. The molecule has 0 aliphatic carbocycles. The summed E-state index contributed by atoms with van der Waals surface area (Å²) >= 11 is 3.80. The van der Waals surface area contributed by atoms with E-state index < -0.39 is 0 Å². The number of halogens is 1. The second-order valence-corrected chi connectivity index (χ2v) is 6.12. The van der Waals surface area contributed by atoms with Gasteiger partial charge in [-0.15, -0.1) is 0 Å². The molecule has 0 spiro atoms. The van der Waals surface area contributed by atoms with Gasteiger partial charge < -0.3 is 5.32 Å². The minimum Gasteiger partial charge on any atom is -0.326 e. The van der Waals surface area contributed by atoms with Crippen molar-refractivity contribution in [1.82, 2.24) is 0 Å². The average Bonchev–Trinajstić information content (AvgIpc) is 2.37. The molecule has 1 heterocycles. The number of amides is 1. The Balaban J connectivity index is 2.18. The number of benzene rings is 1. The molecule has 1 aliphatic rings. The van der Waals surface area contributed by atoms with Crippen LogP contribution in [0.2, 0.25) is 0 Å². The molecule has 0 fully saturated rings. The van der Waals surface area contributed by atoms with Crippen LogP contribution >= 0.6 is 15.9 Å². The molecule has 2 rings (SSSR count). The standard InChI is InChI=1S/C15H20BrNO/c1-3-4-10(2)15(16)12-5-7-13-11(9-12)6-8-14(18)17-13/h5,7,9-10,15H,3-4,6,8H2,1-2H3,(H,17,18). The van der Waals surface area contributed by atoms with E-state index >= 15 is 0 Å². The van der Waals surface area contributed by atoms with E-state index in [2.05, 4.69) is 47.2 Å². The summed E-state index contributed by atoms with van der Waals surface area (Å²) in [5.74, 6) is 0.760. The summed E-state index contributed by atoms with van der Waals surface area (Å²) < 4.78 is 0. The van der Waals surface area contributed by atoms with Crippen molar-refractivity contribution in [2.75, 3.05) is 5.32 Å². The molecule has 0 bridgehead atoms. The number of rotatable bonds is 4. The van der Waals surface area contributed by atoms with Gasteiger partial charge in [-0.05, 0) is 36.0 Å². The van der Waals surface area contributed by atoms with Gasteiger partial charge in [0.15, 0.2) is 0 Å². The van der Waals surface area contributed by atoms with E-state index in [0.29, 0.717) is 17.2 Å². The second-order valence-electron chi connectivity index (χ2n) is 5.13. The average molecular weight is 310 g/mol. The number of hydrogen-bond donors (Lipinski definition) is 1. The number of alkyl halides is 1. The van der Waals surface area contributed by atoms with Crippen molar-refractivity contribution in [3.05, 3.63) is 29.3 Å². The van der Waals surface area contributed by atoms with Gasteiger partial charge in [0, 0.05) is 16.9 Å². The highest BCUT2D eigenvalue weighted by atomic mass is 79.9. The van der Waals surface area contributed by atoms with Crippen LogP contribution in [0.4, 0.5) is 5.69 Å². The smallest absolute Gasteiger partial charge is 0.224 e. The van der Waals surface area contributed by atoms with E-state index in [0.717, 1.165) is 12.1 Å². The third kappa shape index (κ3) is 2.94. The first-order valence-corrected chi connectivity index (χ1v) is 7.60. The van der Waals surface area contributed by atoms with Gasteiger partial charge in [-0.3, -0.25) is 4.79 Å². The molecule has 2 unspecified atom stereocenters. The Morgan fingerprint density at radius 2 is 2.17 bits per heavy atom. The van der Waals surface area contributed by atoms with E-state index in [1.807, 2.05) is 6.07 Å². The molecule has 1 aromatic rings. The topological polar surface area (TPSA) is 29.1 Å². The summed E-state index contributed by atoms with van der Waals surface area (Å²) in [5.41, 5.74) is 3.57. The Morgan fingerprint density at radius 1 is 1.39 bits per heavy atom. The van der Waals surface area contributed by atoms with Crippen LogP contribution in [0.5, 0.6) is 0 Å². The fourth-order valence-corrected chi connectivity index (χ4v) is 3.05. The Morgan fingerprint density at radius 3 is 2.89 bits per heavy atom. The lowest BCUT2D eigenvalue weighted by atomic mass is 9.93. The summed E-state index contributed by atoms with van der Waals surface area (Å²) in [4.78, 5) is 11.7. The molecular formula is C15H20BrNO. The molecule has 0 saturated heterocycles. The predicted molar refractivity (Wildman–Crippen MR) is 79.1 cm³/mol. The summed E-state index contributed by atoms with van der Waals surface area (Å²) in [5, 5.41) is 2.93. The molecule has 18 heavy (non-hydrogen) atoms. The summed E-state index contributed by atoms with van der Waals surface area (Å²) in [6, 6.07) is 6.39. The van der Waals surface area contributed by atoms with Crippen LogP contribution in [0.1, 0.15) is 49.1 Å². The number of nitrogens with one attached hydrogen (secondary N) is 1. The zero-order chi connectivity index (χ0) is 13.1. The van der Waals surface area contributed by atoms with Crippen molar-refractivity contribution in [3.8, 4) is 0 Å². The van der Waals surface area contributed by atoms with E-state index in [9.17, 15) is 4.79 Å². The van der Waals surface area contributed by atoms with Gasteiger partial charge in [-0.2, -0.15) is 0 Å². The molecule has 3 heteroatoms. The van der Waals surface area contributed by atoms with E-state index in [1.54, 1.807) is 0 Å². The van der Waals surface area contributed by atoms with Crippen molar-refractivity contribution in [3.63, 3.8) is 0 Å². The Kier molecular flexibility index (Phi) is 4.44. The van der Waals surface area contributed by atoms with Crippen molar-refractivity contribution in [1.29, 1.82) is 0 Å². The SMILES string of the molecule is CCCC(C)C(Br)c1ccc2c(c1)CCC(=O)N2. The highest BCUT2D eigenvalue weighted by molar-refractivity contribution is 9.09. The number of carbonyl (C=O) groups excluding carboxylic acids is 1. The molecule has 1 amide bonds. The summed E-state index contributed by atoms with van der Waals surface area (Å²) in [7, 11) is 0. The first kappa shape index (κ1) is 13.6. The Hall–Kier alpha value is -0.830. The quantitative estimate of drug-likeness (QED) is 0.818. The number of aryl methyl sites for hydroxylation is 1. The third-order valence-electron chi connectivity index (χ3n) is 3.59. The predicted octanol–water partition coefficient (Wildman–Crippen LogP) is 4.44. The molecule has 1 N–H and O–H groups in total. The molecule has 0 radical (unpaired) electrons. The van der Waals surface area contributed by atoms with Crippen molar-refractivity contribution < 1.29 is 4.79 Å². The molecular weight excluding hydrogens is 290 g/mol. The largest absolute Gasteiger partial charge is 0.326 e. The fourth-order valence-electron chi connectivity index (χ4n) is 2.51. The van der Waals surface area contributed by atoms with Crippen molar-refractivity contribution >= 4 is 27.5 Å². The number of hydrogen-bond acceptors (Lipinski definition) is 1. The van der Waals surface area contributed by atoms with E-state index in [-0.39, 0.29) is 5.91 Å². The van der Waals surface area contributed by atoms with Crippen LogP contribution < -0.4 is 5.32 Å². The molecule has 1 aromatic carbocycles. The van der Waals surface area contributed by atoms with Gasteiger partial charge in [-0.25, -0.2) is 0 Å². The van der Waals surface area contributed by atoms with E-state index in [4.69, 9.17) is 0 Å². The minimum absolute atomic E-state index is 0.130. The monoisotopic (exact) mass is 309 g/mol. The van der Waals surface area contributed by atoms with Crippen LogP contribution in [-0.4, -0.2) is 5.91 Å². The van der Waals surface area contributed by atoms with Gasteiger partial charge in [-0.1, -0.05) is 48.3 Å². The maximum absolute atomic E-state index is 11.3. The molecule has 0 saturated carbocycles. The maximum atomic E-state index is 11.3. The van der Waals surface area contributed by atoms with Crippen molar-refractivity contribution in [2.24, 2.45) is 5.92 Å². The normalized spacial score (nSPS) is 17.8. The number of carbonyl (C=O) groups is 1. The zero-order valence-corrected chi connectivity index (χ0v) is 12.6. The molecule has 98 valence electrons. The maximum Gasteiger partial charge on any atom is 0.224 e. The van der Waals surface area contributed by atoms with E-state index in [1.165, 1.54) is 24.0 Å². The molecule has 2 nitrogen and oxygen atoms in total. The first-order chi connectivity index (χ1) is 8.61. The lowest BCUT2D eigenvalue weighted by Crippen LogP contribution is -2.19. The van der Waals surface area contributed by atoms with Crippen LogP contribution in [-0.2, 0) is 11.2 Å². The highest BCUT2D eigenvalue weighted by Gasteiger charge is 2.19. The van der Waals surface area contributed by atoms with Crippen molar-refractivity contribution in [2.45, 2.75) is 44.4 Å². The van der Waals surface area contributed by atoms with Gasteiger partial charge in [0.05, 0.1) is 0 Å². The number of anilines is 1. The van der Waals surface area contributed by atoms with Crippen LogP contribution in [0.15, 0.2) is 18.2 Å². The zero-order valence-electron chi connectivity index (χ0n) is 11.0. The minimum atomic E-state index is 0.130. The van der Waals surface area contributed by atoms with Gasteiger partial charge >= 0.3 is 0 Å². The fraction of sp³-hybridized carbons (Fsp3) is 0.533.